The van der Waals surface area contributed by atoms with E-state index in [-0.39, 0.29) is 29.6 Å². The molecule has 1 aliphatic rings. The Morgan fingerprint density at radius 1 is 1.45 bits per heavy atom. The van der Waals surface area contributed by atoms with E-state index in [2.05, 4.69) is 20.7 Å². The number of carbonyl (C=O) groups excluding carboxylic acids is 1. The topological polar surface area (TPSA) is 92.1 Å². The first-order valence-corrected chi connectivity index (χ1v) is 9.31. The zero-order valence-electron chi connectivity index (χ0n) is 15.8. The van der Waals surface area contributed by atoms with Crippen molar-refractivity contribution < 1.29 is 23.1 Å². The van der Waals surface area contributed by atoms with Crippen LogP contribution in [0.5, 0.6) is 0 Å². The first-order chi connectivity index (χ1) is 13.4. The number of amides is 1. The summed E-state index contributed by atoms with van der Waals surface area (Å²) >= 11 is 5.91. The van der Waals surface area contributed by atoms with Crippen molar-refractivity contribution >= 4 is 28.9 Å². The number of halogens is 4. The average molecular weight is 432 g/mol. The fraction of sp³-hybridized carbons (Fsp3) is 0.500. The zero-order valence-corrected chi connectivity index (χ0v) is 16.6. The first kappa shape index (κ1) is 21.4. The number of anilines is 2. The van der Waals surface area contributed by atoms with Gasteiger partial charge in [-0.1, -0.05) is 11.6 Å². The Kier molecular flexibility index (Phi) is 5.77. The molecule has 7 nitrogen and oxygen atoms in total. The maximum absolute atomic E-state index is 13.9. The van der Waals surface area contributed by atoms with Crippen LogP contribution in [0.25, 0.3) is 0 Å². The molecule has 11 heteroatoms. The summed E-state index contributed by atoms with van der Waals surface area (Å²) in [5, 5.41) is 19.2. The smallest absolute Gasteiger partial charge is 0.255 e. The molecular weight excluding hydrogens is 411 g/mol. The normalized spacial score (nSPS) is 17.5. The van der Waals surface area contributed by atoms with E-state index in [4.69, 9.17) is 11.6 Å². The minimum atomic E-state index is -2.66. The Balaban J connectivity index is 1.71. The maximum Gasteiger partial charge on any atom is 0.255 e. The van der Waals surface area contributed by atoms with Crippen LogP contribution >= 0.6 is 11.6 Å². The van der Waals surface area contributed by atoms with Crippen molar-refractivity contribution in [1.82, 2.24) is 20.1 Å². The summed E-state index contributed by atoms with van der Waals surface area (Å²) in [6.07, 6.45) is 2.03. The third-order valence-electron chi connectivity index (χ3n) is 4.65. The lowest BCUT2D eigenvalue weighted by Crippen LogP contribution is -2.42. The van der Waals surface area contributed by atoms with E-state index in [9.17, 15) is 23.1 Å². The molecule has 1 saturated carbocycles. The van der Waals surface area contributed by atoms with Crippen molar-refractivity contribution in [2.75, 3.05) is 11.9 Å². The van der Waals surface area contributed by atoms with Crippen molar-refractivity contribution in [3.05, 3.63) is 35.4 Å². The molecule has 2 aromatic heterocycles. The predicted octanol–water partition coefficient (Wildman–Crippen LogP) is 3.48. The molecule has 2 aromatic rings. The van der Waals surface area contributed by atoms with E-state index >= 15 is 0 Å². The predicted molar refractivity (Wildman–Crippen MR) is 102 cm³/mol. The molecule has 3 rings (SSSR count). The molecule has 0 bridgehead atoms. The summed E-state index contributed by atoms with van der Waals surface area (Å²) in [6, 6.07) is 1.03. The number of aliphatic hydroxyl groups is 1. The number of hydrogen-bond donors (Lipinski definition) is 3. The summed E-state index contributed by atoms with van der Waals surface area (Å²) < 4.78 is 41.4. The molecule has 1 atom stereocenters. The van der Waals surface area contributed by atoms with Crippen molar-refractivity contribution in [3.8, 4) is 0 Å². The summed E-state index contributed by atoms with van der Waals surface area (Å²) in [7, 11) is 0. The second-order valence-corrected chi connectivity index (χ2v) is 8.02. The zero-order chi connectivity index (χ0) is 21.4. The molecule has 0 spiro atoms. The lowest BCUT2D eigenvalue weighted by Gasteiger charge is -2.34. The van der Waals surface area contributed by atoms with Gasteiger partial charge in [-0.25, -0.2) is 18.2 Å². The molecule has 2 heterocycles. The minimum absolute atomic E-state index is 0.0975. The van der Waals surface area contributed by atoms with Crippen LogP contribution in [0.3, 0.4) is 0 Å². The van der Waals surface area contributed by atoms with Crippen molar-refractivity contribution in [1.29, 1.82) is 0 Å². The Morgan fingerprint density at radius 2 is 2.14 bits per heavy atom. The van der Waals surface area contributed by atoms with Crippen LogP contribution < -0.4 is 10.6 Å². The largest absolute Gasteiger partial charge is 0.387 e. The van der Waals surface area contributed by atoms with E-state index in [1.54, 1.807) is 6.20 Å². The molecule has 29 heavy (non-hydrogen) atoms. The van der Waals surface area contributed by atoms with Crippen LogP contribution in [0.2, 0.25) is 5.15 Å². The number of rotatable bonds is 7. The third-order valence-corrected chi connectivity index (χ3v) is 4.85. The summed E-state index contributed by atoms with van der Waals surface area (Å²) in [6.45, 7) is 2.21. The summed E-state index contributed by atoms with van der Waals surface area (Å²) in [5.41, 5.74) is -0.740. The highest BCUT2D eigenvalue weighted by atomic mass is 35.5. The van der Waals surface area contributed by atoms with Gasteiger partial charge in [-0.15, -0.1) is 0 Å². The molecule has 1 fully saturated rings. The molecule has 0 aromatic carbocycles. The van der Waals surface area contributed by atoms with Crippen LogP contribution in [0.1, 0.15) is 43.1 Å². The Bertz CT molecular complexity index is 892. The van der Waals surface area contributed by atoms with Crippen LogP contribution in [0.15, 0.2) is 24.7 Å². The first-order valence-electron chi connectivity index (χ1n) is 8.94. The Hall–Kier alpha value is -2.33. The van der Waals surface area contributed by atoms with Gasteiger partial charge in [0.25, 0.3) is 11.8 Å². The molecule has 158 valence electrons. The van der Waals surface area contributed by atoms with Gasteiger partial charge in [0, 0.05) is 25.2 Å². The molecule has 0 saturated heterocycles. The summed E-state index contributed by atoms with van der Waals surface area (Å²) in [5.74, 6) is -3.28. The van der Waals surface area contributed by atoms with Crippen molar-refractivity contribution in [2.24, 2.45) is 0 Å². The van der Waals surface area contributed by atoms with Gasteiger partial charge in [-0.05, 0) is 19.9 Å². The highest BCUT2D eigenvalue weighted by Crippen LogP contribution is 2.45. The monoisotopic (exact) mass is 431 g/mol. The lowest BCUT2D eigenvalue weighted by atomic mass is 9.88. The number of aromatic nitrogens is 3. The Morgan fingerprint density at radius 3 is 2.76 bits per heavy atom. The van der Waals surface area contributed by atoms with Gasteiger partial charge in [-0.2, -0.15) is 5.10 Å². The average Bonchev–Trinajstić information content (AvgIpc) is 3.04. The second-order valence-electron chi connectivity index (χ2n) is 7.64. The van der Waals surface area contributed by atoms with Gasteiger partial charge < -0.3 is 15.7 Å². The van der Waals surface area contributed by atoms with Crippen LogP contribution in [0.4, 0.5) is 24.5 Å². The number of pyridine rings is 1. The van der Waals surface area contributed by atoms with Crippen LogP contribution in [-0.2, 0) is 0 Å². The van der Waals surface area contributed by atoms with Crippen LogP contribution in [0, 0.1) is 0 Å². The van der Waals surface area contributed by atoms with Gasteiger partial charge in [0.1, 0.15) is 11.3 Å². The second kappa shape index (κ2) is 7.83. The molecular formula is C18H21ClF3N5O2. The lowest BCUT2D eigenvalue weighted by molar-refractivity contribution is -0.106. The fourth-order valence-electron chi connectivity index (χ4n) is 2.82. The van der Waals surface area contributed by atoms with Crippen LogP contribution in [-0.4, -0.2) is 50.0 Å². The van der Waals surface area contributed by atoms with E-state index in [1.807, 2.05) is 0 Å². The molecule has 1 aliphatic carbocycles. The minimum Gasteiger partial charge on any atom is -0.387 e. The molecule has 0 aliphatic heterocycles. The van der Waals surface area contributed by atoms with Crippen molar-refractivity contribution in [3.63, 3.8) is 0 Å². The van der Waals surface area contributed by atoms with E-state index in [0.717, 1.165) is 0 Å². The highest BCUT2D eigenvalue weighted by Gasteiger charge is 2.46. The molecule has 3 N–H and O–H groups in total. The van der Waals surface area contributed by atoms with E-state index in [1.165, 1.54) is 37.0 Å². The number of hydrogen-bond acceptors (Lipinski definition) is 5. The third kappa shape index (κ3) is 5.18. The molecule has 0 radical (unpaired) electrons. The van der Waals surface area contributed by atoms with Gasteiger partial charge in [0.05, 0.1) is 41.3 Å². The van der Waals surface area contributed by atoms with Gasteiger partial charge in [-0.3, -0.25) is 9.48 Å². The van der Waals surface area contributed by atoms with E-state index < -0.39 is 30.1 Å². The Labute approximate surface area is 170 Å². The number of carbonyl (C=O) groups is 1. The SMILES string of the molecule is CC(C)(O)C(F)CNC(=O)c1cnc(Cl)cc1Nc1cnn(C2CC(F)(F)C2)c1. The van der Waals surface area contributed by atoms with Gasteiger partial charge >= 0.3 is 0 Å². The summed E-state index contributed by atoms with van der Waals surface area (Å²) in [4.78, 5) is 16.3. The van der Waals surface area contributed by atoms with Gasteiger partial charge in [0.2, 0.25) is 0 Å². The maximum atomic E-state index is 13.9. The van der Waals surface area contributed by atoms with E-state index in [0.29, 0.717) is 11.4 Å². The quantitative estimate of drug-likeness (QED) is 0.584. The van der Waals surface area contributed by atoms with Gasteiger partial charge in [0.15, 0.2) is 0 Å². The molecule has 1 unspecified atom stereocenters. The van der Waals surface area contributed by atoms with Crippen molar-refractivity contribution in [2.45, 2.75) is 50.4 Å². The number of alkyl halides is 3. The molecule has 1 amide bonds. The number of nitrogens with zero attached hydrogens (tertiary/aromatic N) is 3. The standard InChI is InChI=1S/C18H21ClF3N5O2/c1-17(2,29)14(20)8-24-16(28)12-7-23-15(19)3-13(12)26-10-6-25-27(9-10)11-4-18(21,22)5-11/h3,6-7,9,11,14,29H,4-5,8H2,1-2H3,(H,23,26)(H,24,28). The number of nitrogens with one attached hydrogen (secondary N) is 2. The highest BCUT2D eigenvalue weighted by molar-refractivity contribution is 6.29. The fourth-order valence-corrected chi connectivity index (χ4v) is 2.97.